The summed E-state index contributed by atoms with van der Waals surface area (Å²) >= 11 is 5.79. The second-order valence-electron chi connectivity index (χ2n) is 4.40. The SMILES string of the molecule is Cl.Cl.O=C(CCN1CCNCC1)Nc1ccc(Cl)cc1. The summed E-state index contributed by atoms with van der Waals surface area (Å²) in [5.74, 6) is 0.0517. The Morgan fingerprint density at radius 2 is 1.80 bits per heavy atom. The highest BCUT2D eigenvalue weighted by molar-refractivity contribution is 6.30. The molecule has 0 saturated carbocycles. The number of hydrogen-bond donors (Lipinski definition) is 2. The second kappa shape index (κ2) is 10.2. The predicted octanol–water partition coefficient (Wildman–Crippen LogP) is 2.42. The van der Waals surface area contributed by atoms with Crippen molar-refractivity contribution in [2.24, 2.45) is 0 Å². The Morgan fingerprint density at radius 1 is 1.20 bits per heavy atom. The Kier molecular flexibility index (Phi) is 9.98. The lowest BCUT2D eigenvalue weighted by atomic mass is 10.3. The molecule has 1 aliphatic heterocycles. The third kappa shape index (κ3) is 6.77. The maximum absolute atomic E-state index is 11.8. The van der Waals surface area contributed by atoms with Crippen molar-refractivity contribution in [3.8, 4) is 0 Å². The zero-order valence-corrected chi connectivity index (χ0v) is 13.5. The van der Waals surface area contributed by atoms with Crippen molar-refractivity contribution in [2.75, 3.05) is 38.0 Å². The number of nitrogens with one attached hydrogen (secondary N) is 2. The van der Waals surface area contributed by atoms with Crippen LogP contribution in [0.25, 0.3) is 0 Å². The summed E-state index contributed by atoms with van der Waals surface area (Å²) in [5.41, 5.74) is 0.796. The molecule has 2 rings (SSSR count). The lowest BCUT2D eigenvalue weighted by Crippen LogP contribution is -2.44. The average Bonchev–Trinajstić information content (AvgIpc) is 2.40. The lowest BCUT2D eigenvalue weighted by Gasteiger charge is -2.26. The molecule has 0 unspecified atom stereocenters. The summed E-state index contributed by atoms with van der Waals surface area (Å²) in [6.45, 7) is 4.89. The van der Waals surface area contributed by atoms with Crippen LogP contribution in [0.3, 0.4) is 0 Å². The van der Waals surface area contributed by atoms with Crippen LogP contribution in [0.5, 0.6) is 0 Å². The first-order valence-corrected chi connectivity index (χ1v) is 6.60. The topological polar surface area (TPSA) is 44.4 Å². The first kappa shape index (κ1) is 19.5. The number of benzene rings is 1. The Morgan fingerprint density at radius 3 is 2.40 bits per heavy atom. The van der Waals surface area contributed by atoms with Gasteiger partial charge in [-0.05, 0) is 24.3 Å². The lowest BCUT2D eigenvalue weighted by molar-refractivity contribution is -0.116. The van der Waals surface area contributed by atoms with Crippen molar-refractivity contribution >= 4 is 48.0 Å². The molecule has 0 aliphatic carbocycles. The van der Waals surface area contributed by atoms with Crippen molar-refractivity contribution in [1.82, 2.24) is 10.2 Å². The zero-order valence-electron chi connectivity index (χ0n) is 11.1. The van der Waals surface area contributed by atoms with Crippen molar-refractivity contribution in [2.45, 2.75) is 6.42 Å². The summed E-state index contributed by atoms with van der Waals surface area (Å²) in [6.07, 6.45) is 0.530. The summed E-state index contributed by atoms with van der Waals surface area (Å²) in [7, 11) is 0. The van der Waals surface area contributed by atoms with Crippen molar-refractivity contribution in [1.29, 1.82) is 0 Å². The van der Waals surface area contributed by atoms with Crippen LogP contribution in [0.4, 0.5) is 5.69 Å². The number of carbonyl (C=O) groups excluding carboxylic acids is 1. The van der Waals surface area contributed by atoms with Crippen LogP contribution in [0.2, 0.25) is 5.02 Å². The normalized spacial score (nSPS) is 14.8. The van der Waals surface area contributed by atoms with E-state index in [0.717, 1.165) is 38.4 Å². The fraction of sp³-hybridized carbons (Fsp3) is 0.462. The summed E-state index contributed by atoms with van der Waals surface area (Å²) in [6, 6.07) is 7.16. The molecule has 1 heterocycles. The predicted molar refractivity (Wildman–Crippen MR) is 88.5 cm³/mol. The minimum absolute atomic E-state index is 0. The van der Waals surface area contributed by atoms with Crippen LogP contribution >= 0.6 is 36.4 Å². The van der Waals surface area contributed by atoms with Crippen LogP contribution in [0, 0.1) is 0 Å². The Balaban J connectivity index is 0.00000180. The standard InChI is InChI=1S/C13H18ClN3O.2ClH/c14-11-1-3-12(4-2-11)16-13(18)5-8-17-9-6-15-7-10-17;;/h1-4,15H,5-10H2,(H,16,18);2*1H. The van der Waals surface area contributed by atoms with Gasteiger partial charge in [0.25, 0.3) is 0 Å². The number of hydrogen-bond acceptors (Lipinski definition) is 3. The van der Waals surface area contributed by atoms with E-state index in [-0.39, 0.29) is 30.7 Å². The van der Waals surface area contributed by atoms with Crippen LogP contribution in [0.1, 0.15) is 6.42 Å². The summed E-state index contributed by atoms with van der Waals surface area (Å²) in [4.78, 5) is 14.1. The molecular formula is C13H20Cl3N3O. The van der Waals surface area contributed by atoms with Gasteiger partial charge in [-0.1, -0.05) is 11.6 Å². The number of rotatable bonds is 4. The summed E-state index contributed by atoms with van der Waals surface area (Å²) < 4.78 is 0. The maximum atomic E-state index is 11.8. The summed E-state index contributed by atoms with van der Waals surface area (Å²) in [5, 5.41) is 6.84. The van der Waals surface area contributed by atoms with Gasteiger partial charge >= 0.3 is 0 Å². The Hall–Kier alpha value is -0.520. The molecule has 0 spiro atoms. The Labute approximate surface area is 137 Å². The number of carbonyl (C=O) groups is 1. The second-order valence-corrected chi connectivity index (χ2v) is 4.83. The van der Waals surface area contributed by atoms with Gasteiger partial charge < -0.3 is 15.5 Å². The minimum Gasteiger partial charge on any atom is -0.326 e. The number of anilines is 1. The van der Waals surface area contributed by atoms with E-state index in [2.05, 4.69) is 15.5 Å². The van der Waals surface area contributed by atoms with Crippen LogP contribution < -0.4 is 10.6 Å². The van der Waals surface area contributed by atoms with Gasteiger partial charge in [-0.25, -0.2) is 0 Å². The molecular weight excluding hydrogens is 321 g/mol. The molecule has 0 aromatic heterocycles. The van der Waals surface area contributed by atoms with Gasteiger partial charge in [0, 0.05) is 49.9 Å². The van der Waals surface area contributed by atoms with E-state index in [1.165, 1.54) is 0 Å². The van der Waals surface area contributed by atoms with E-state index in [1.807, 2.05) is 12.1 Å². The highest BCUT2D eigenvalue weighted by atomic mass is 35.5. The van der Waals surface area contributed by atoms with Crippen LogP contribution in [0.15, 0.2) is 24.3 Å². The van der Waals surface area contributed by atoms with Crippen molar-refractivity contribution < 1.29 is 4.79 Å². The minimum atomic E-state index is 0. The quantitative estimate of drug-likeness (QED) is 0.885. The van der Waals surface area contributed by atoms with E-state index in [4.69, 9.17) is 11.6 Å². The number of halogens is 3. The molecule has 20 heavy (non-hydrogen) atoms. The van der Waals surface area contributed by atoms with Gasteiger partial charge in [0.15, 0.2) is 0 Å². The monoisotopic (exact) mass is 339 g/mol. The highest BCUT2D eigenvalue weighted by Gasteiger charge is 2.11. The van der Waals surface area contributed by atoms with E-state index in [0.29, 0.717) is 11.4 Å². The van der Waals surface area contributed by atoms with Crippen molar-refractivity contribution in [3.05, 3.63) is 29.3 Å². The fourth-order valence-corrected chi connectivity index (χ4v) is 2.08. The van der Waals surface area contributed by atoms with Gasteiger partial charge in [-0.2, -0.15) is 0 Å². The number of nitrogens with zero attached hydrogens (tertiary/aromatic N) is 1. The molecule has 0 radical (unpaired) electrons. The molecule has 4 nitrogen and oxygen atoms in total. The first-order valence-electron chi connectivity index (χ1n) is 6.22. The molecule has 1 fully saturated rings. The van der Waals surface area contributed by atoms with Gasteiger partial charge in [0.05, 0.1) is 0 Å². The fourth-order valence-electron chi connectivity index (χ4n) is 1.95. The molecule has 0 atom stereocenters. The molecule has 1 aromatic rings. The maximum Gasteiger partial charge on any atom is 0.225 e. The van der Waals surface area contributed by atoms with Gasteiger partial charge in [0.1, 0.15) is 0 Å². The molecule has 114 valence electrons. The van der Waals surface area contributed by atoms with E-state index >= 15 is 0 Å². The molecule has 1 aromatic carbocycles. The molecule has 1 amide bonds. The zero-order chi connectivity index (χ0) is 12.8. The third-order valence-corrected chi connectivity index (χ3v) is 3.24. The van der Waals surface area contributed by atoms with Gasteiger partial charge in [-0.3, -0.25) is 4.79 Å². The molecule has 1 saturated heterocycles. The molecule has 1 aliphatic rings. The van der Waals surface area contributed by atoms with E-state index in [9.17, 15) is 4.79 Å². The van der Waals surface area contributed by atoms with E-state index < -0.39 is 0 Å². The molecule has 7 heteroatoms. The highest BCUT2D eigenvalue weighted by Crippen LogP contribution is 2.13. The van der Waals surface area contributed by atoms with Gasteiger partial charge in [0.2, 0.25) is 5.91 Å². The van der Waals surface area contributed by atoms with Crippen LogP contribution in [-0.2, 0) is 4.79 Å². The average molecular weight is 341 g/mol. The number of piperazine rings is 1. The largest absolute Gasteiger partial charge is 0.326 e. The molecule has 2 N–H and O–H groups in total. The number of amides is 1. The van der Waals surface area contributed by atoms with Crippen LogP contribution in [-0.4, -0.2) is 43.5 Å². The van der Waals surface area contributed by atoms with Gasteiger partial charge in [-0.15, -0.1) is 24.8 Å². The third-order valence-electron chi connectivity index (χ3n) is 2.99. The van der Waals surface area contributed by atoms with E-state index in [1.54, 1.807) is 12.1 Å². The molecule has 0 bridgehead atoms. The Bertz CT molecular complexity index is 394. The first-order chi connectivity index (χ1) is 8.74. The van der Waals surface area contributed by atoms with Crippen molar-refractivity contribution in [3.63, 3.8) is 0 Å². The smallest absolute Gasteiger partial charge is 0.225 e.